The van der Waals surface area contributed by atoms with E-state index in [1.165, 1.54) is 6.07 Å². The van der Waals surface area contributed by atoms with Gasteiger partial charge in [-0.05, 0) is 38.1 Å². The van der Waals surface area contributed by atoms with E-state index >= 15 is 0 Å². The van der Waals surface area contributed by atoms with Crippen LogP contribution in [0.15, 0.2) is 40.3 Å². The van der Waals surface area contributed by atoms with Crippen LogP contribution in [0.3, 0.4) is 0 Å². The Balaban J connectivity index is 1.10. The Bertz CT molecular complexity index is 1290. The van der Waals surface area contributed by atoms with Crippen molar-refractivity contribution in [3.05, 3.63) is 57.2 Å². The number of hydrogen-bond donors (Lipinski definition) is 2. The smallest absolute Gasteiger partial charge is 0.251 e. The monoisotopic (exact) mass is 485 g/mol. The Hall–Kier alpha value is -2.17. The predicted molar refractivity (Wildman–Crippen MR) is 127 cm³/mol. The summed E-state index contributed by atoms with van der Waals surface area (Å²) in [5.41, 5.74) is 1.62. The second-order valence-electron chi connectivity index (χ2n) is 8.96. The molecule has 0 aromatic carbocycles. The Kier molecular flexibility index (Phi) is 5.34. The standard InChI is InChI=1S/C23H24ClN5O3S/c24-16-9-27-17-1-2-20(30)29-12-23(31,21(16)22(17)29)11-28-5-3-14(4-6-28)25-8-15-7-19-18(10-26-15)32-13-33-19/h1-2,7,9-10,14,25,31H,3-6,8,11-13H2/t23-/m1/s1. The molecule has 0 amide bonds. The molecular weight excluding hydrogens is 462 g/mol. The van der Waals surface area contributed by atoms with E-state index in [0.29, 0.717) is 40.1 Å². The van der Waals surface area contributed by atoms with Crippen LogP contribution in [0.5, 0.6) is 5.75 Å². The van der Waals surface area contributed by atoms with Crippen LogP contribution in [0, 0.1) is 0 Å². The number of pyridine rings is 3. The number of piperidine rings is 1. The van der Waals surface area contributed by atoms with Gasteiger partial charge in [-0.25, -0.2) is 0 Å². The molecule has 10 heteroatoms. The number of ether oxygens (including phenoxy) is 1. The van der Waals surface area contributed by atoms with E-state index in [2.05, 4.69) is 26.3 Å². The third-order valence-electron chi connectivity index (χ3n) is 6.80. The highest BCUT2D eigenvalue weighted by Gasteiger charge is 2.42. The van der Waals surface area contributed by atoms with Gasteiger partial charge in [-0.15, -0.1) is 0 Å². The fourth-order valence-corrected chi connectivity index (χ4v) is 6.26. The molecular formula is C23H24ClN5O3S. The van der Waals surface area contributed by atoms with E-state index in [-0.39, 0.29) is 12.1 Å². The maximum absolute atomic E-state index is 12.4. The number of aliphatic hydroxyl groups is 1. The molecule has 0 spiro atoms. The average Bonchev–Trinajstić information content (AvgIpc) is 3.40. The molecule has 8 nitrogen and oxygen atoms in total. The third-order valence-corrected chi connectivity index (χ3v) is 7.95. The summed E-state index contributed by atoms with van der Waals surface area (Å²) in [7, 11) is 0. The Morgan fingerprint density at radius 3 is 2.97 bits per heavy atom. The summed E-state index contributed by atoms with van der Waals surface area (Å²) in [4.78, 5) is 24.7. The first-order valence-electron chi connectivity index (χ1n) is 11.1. The van der Waals surface area contributed by atoms with Gasteiger partial charge in [-0.1, -0.05) is 23.4 Å². The van der Waals surface area contributed by atoms with Crippen molar-refractivity contribution in [1.82, 2.24) is 24.8 Å². The lowest BCUT2D eigenvalue weighted by atomic mass is 9.94. The molecule has 3 aliphatic rings. The molecule has 0 aliphatic carbocycles. The van der Waals surface area contributed by atoms with Gasteiger partial charge < -0.3 is 19.7 Å². The first-order chi connectivity index (χ1) is 16.0. The summed E-state index contributed by atoms with van der Waals surface area (Å²) >= 11 is 8.17. The van der Waals surface area contributed by atoms with Gasteiger partial charge in [-0.3, -0.25) is 19.7 Å². The van der Waals surface area contributed by atoms with E-state index in [1.54, 1.807) is 28.6 Å². The molecule has 6 rings (SSSR count). The fraction of sp³-hybridized carbons (Fsp3) is 0.435. The molecule has 0 saturated carbocycles. The normalized spacial score (nSPS) is 22.6. The van der Waals surface area contributed by atoms with Gasteiger partial charge in [0, 0.05) is 37.0 Å². The largest absolute Gasteiger partial charge is 0.480 e. The summed E-state index contributed by atoms with van der Waals surface area (Å²) < 4.78 is 7.10. The quantitative estimate of drug-likeness (QED) is 0.569. The lowest BCUT2D eigenvalue weighted by Gasteiger charge is -2.37. The van der Waals surface area contributed by atoms with Crippen LogP contribution in [0.1, 0.15) is 24.1 Å². The van der Waals surface area contributed by atoms with Crippen LogP contribution in [-0.2, 0) is 18.7 Å². The third kappa shape index (κ3) is 3.81. The summed E-state index contributed by atoms with van der Waals surface area (Å²) in [6.45, 7) is 3.08. The highest BCUT2D eigenvalue weighted by atomic mass is 35.5. The number of rotatable bonds is 5. The topological polar surface area (TPSA) is 92.5 Å². The lowest BCUT2D eigenvalue weighted by Crippen LogP contribution is -2.48. The Morgan fingerprint density at radius 1 is 1.27 bits per heavy atom. The minimum absolute atomic E-state index is 0.142. The van der Waals surface area contributed by atoms with Crippen molar-refractivity contribution in [2.45, 2.75) is 42.5 Å². The molecule has 172 valence electrons. The second kappa shape index (κ2) is 8.25. The number of hydrogen-bond acceptors (Lipinski definition) is 8. The minimum Gasteiger partial charge on any atom is -0.480 e. The SMILES string of the molecule is O=c1ccc2ncc(Cl)c3c2n1C[C@]3(O)CN1CCC(NCc2cc3c(cn2)OCS3)CC1. The van der Waals surface area contributed by atoms with Crippen LogP contribution in [0.2, 0.25) is 5.02 Å². The van der Waals surface area contributed by atoms with E-state index in [4.69, 9.17) is 16.3 Å². The van der Waals surface area contributed by atoms with Gasteiger partial charge in [-0.2, -0.15) is 0 Å². The van der Waals surface area contributed by atoms with Gasteiger partial charge in [0.2, 0.25) is 0 Å². The van der Waals surface area contributed by atoms with Crippen molar-refractivity contribution in [2.75, 3.05) is 25.6 Å². The number of likely N-dealkylation sites (tertiary alicyclic amines) is 1. The van der Waals surface area contributed by atoms with Crippen LogP contribution >= 0.6 is 23.4 Å². The molecule has 6 heterocycles. The van der Waals surface area contributed by atoms with Gasteiger partial charge in [0.05, 0.1) is 39.4 Å². The highest BCUT2D eigenvalue weighted by molar-refractivity contribution is 7.99. The highest BCUT2D eigenvalue weighted by Crippen LogP contribution is 2.40. The summed E-state index contributed by atoms with van der Waals surface area (Å²) in [5, 5.41) is 15.7. The van der Waals surface area contributed by atoms with Crippen LogP contribution < -0.4 is 15.6 Å². The molecule has 2 N–H and O–H groups in total. The van der Waals surface area contributed by atoms with Gasteiger partial charge in [0.25, 0.3) is 5.56 Å². The first kappa shape index (κ1) is 21.4. The first-order valence-corrected chi connectivity index (χ1v) is 12.5. The molecule has 1 fully saturated rings. The molecule has 3 aromatic rings. The van der Waals surface area contributed by atoms with Gasteiger partial charge in [0.15, 0.2) is 5.75 Å². The number of nitrogens with one attached hydrogen (secondary N) is 1. The molecule has 0 radical (unpaired) electrons. The van der Waals surface area contributed by atoms with Crippen molar-refractivity contribution >= 4 is 34.4 Å². The Morgan fingerprint density at radius 2 is 2.12 bits per heavy atom. The van der Waals surface area contributed by atoms with Gasteiger partial charge in [0.1, 0.15) is 11.5 Å². The summed E-state index contributed by atoms with van der Waals surface area (Å²) in [5.74, 6) is 1.53. The van der Waals surface area contributed by atoms with Crippen molar-refractivity contribution in [3.63, 3.8) is 0 Å². The predicted octanol–water partition coefficient (Wildman–Crippen LogP) is 2.34. The van der Waals surface area contributed by atoms with Crippen LogP contribution in [0.25, 0.3) is 11.0 Å². The molecule has 1 atom stereocenters. The fourth-order valence-electron chi connectivity index (χ4n) is 5.16. The number of fused-ring (bicyclic) bond motifs is 1. The molecule has 33 heavy (non-hydrogen) atoms. The van der Waals surface area contributed by atoms with E-state index in [1.807, 2.05) is 6.20 Å². The molecule has 3 aromatic heterocycles. The minimum atomic E-state index is -1.21. The molecule has 3 aliphatic heterocycles. The van der Waals surface area contributed by atoms with Crippen LogP contribution in [0.4, 0.5) is 0 Å². The van der Waals surface area contributed by atoms with Gasteiger partial charge >= 0.3 is 0 Å². The maximum Gasteiger partial charge on any atom is 0.251 e. The number of β-amino-alcohol motifs (C(OH)–C–C–N with tert-alkyl or cyclic N) is 1. The summed E-state index contributed by atoms with van der Waals surface area (Å²) in [6.07, 6.45) is 5.33. The van der Waals surface area contributed by atoms with E-state index in [0.717, 1.165) is 48.8 Å². The average molecular weight is 486 g/mol. The zero-order chi connectivity index (χ0) is 22.6. The van der Waals surface area contributed by atoms with E-state index in [9.17, 15) is 9.90 Å². The zero-order valence-electron chi connectivity index (χ0n) is 18.0. The number of aromatic nitrogens is 3. The van der Waals surface area contributed by atoms with Crippen LogP contribution in [-0.4, -0.2) is 56.2 Å². The van der Waals surface area contributed by atoms with Crippen molar-refractivity contribution < 1.29 is 9.84 Å². The van der Waals surface area contributed by atoms with Crippen molar-refractivity contribution in [2.24, 2.45) is 0 Å². The number of nitrogens with zero attached hydrogens (tertiary/aromatic N) is 4. The molecule has 1 saturated heterocycles. The molecule has 0 unspecified atom stereocenters. The maximum atomic E-state index is 12.4. The lowest BCUT2D eigenvalue weighted by molar-refractivity contribution is -0.0135. The molecule has 0 bridgehead atoms. The zero-order valence-corrected chi connectivity index (χ0v) is 19.5. The van der Waals surface area contributed by atoms with Crippen molar-refractivity contribution in [1.29, 1.82) is 0 Å². The Labute approximate surface area is 199 Å². The van der Waals surface area contributed by atoms with E-state index < -0.39 is 5.60 Å². The number of halogens is 1. The second-order valence-corrected chi connectivity index (χ2v) is 10.3. The van der Waals surface area contributed by atoms with Crippen molar-refractivity contribution in [3.8, 4) is 5.75 Å². The summed E-state index contributed by atoms with van der Waals surface area (Å²) in [6, 6.07) is 5.69. The number of thioether (sulfide) groups is 1.